The molecule has 0 radical (unpaired) electrons. The van der Waals surface area contributed by atoms with Gasteiger partial charge in [-0.25, -0.2) is 0 Å². The van der Waals surface area contributed by atoms with Gasteiger partial charge in [0, 0.05) is 11.1 Å². The van der Waals surface area contributed by atoms with Crippen LogP contribution in [0.2, 0.25) is 0 Å². The molecule has 2 amide bonds. The van der Waals surface area contributed by atoms with Crippen molar-refractivity contribution >= 4 is 11.8 Å². The van der Waals surface area contributed by atoms with Gasteiger partial charge in [-0.2, -0.15) is 0 Å². The van der Waals surface area contributed by atoms with Crippen molar-refractivity contribution in [1.82, 2.24) is 5.32 Å². The Morgan fingerprint density at radius 3 is 2.32 bits per heavy atom. The number of hydrogen-bond donors (Lipinski definition) is 3. The van der Waals surface area contributed by atoms with Crippen LogP contribution in [0.5, 0.6) is 0 Å². The standard InChI is InChI=1S/C14H17N3O2/c1-14(2,13(16)19)17-12(18)11-7-5-10(6-8-11)4-3-9-15/h5-8H,9,15H2,1-2H3,(H2,16,19)(H,17,18). The van der Waals surface area contributed by atoms with Crippen LogP contribution in [0.25, 0.3) is 0 Å². The molecule has 1 aromatic carbocycles. The van der Waals surface area contributed by atoms with Gasteiger partial charge in [0.2, 0.25) is 5.91 Å². The first-order valence-corrected chi connectivity index (χ1v) is 5.78. The fourth-order valence-electron chi connectivity index (χ4n) is 1.28. The maximum atomic E-state index is 11.9. The van der Waals surface area contributed by atoms with Crippen LogP contribution in [0.1, 0.15) is 29.8 Å². The minimum absolute atomic E-state index is 0.287. The zero-order chi connectivity index (χ0) is 14.5. The lowest BCUT2D eigenvalue weighted by Crippen LogP contribution is -2.52. The maximum Gasteiger partial charge on any atom is 0.252 e. The third-order valence-corrected chi connectivity index (χ3v) is 2.52. The van der Waals surface area contributed by atoms with E-state index in [0.717, 1.165) is 5.56 Å². The summed E-state index contributed by atoms with van der Waals surface area (Å²) in [5.41, 5.74) is 10.6. The summed E-state index contributed by atoms with van der Waals surface area (Å²) < 4.78 is 0. The highest BCUT2D eigenvalue weighted by atomic mass is 16.2. The van der Waals surface area contributed by atoms with Crippen LogP contribution in [0, 0.1) is 11.8 Å². The van der Waals surface area contributed by atoms with E-state index in [4.69, 9.17) is 11.5 Å². The fraction of sp³-hybridized carbons (Fsp3) is 0.286. The van der Waals surface area contributed by atoms with E-state index in [0.29, 0.717) is 5.56 Å². The SMILES string of the molecule is CC(C)(NC(=O)c1ccc(C#CCN)cc1)C(N)=O. The van der Waals surface area contributed by atoms with E-state index in [2.05, 4.69) is 17.2 Å². The molecule has 0 spiro atoms. The van der Waals surface area contributed by atoms with Gasteiger partial charge < -0.3 is 16.8 Å². The largest absolute Gasteiger partial charge is 0.368 e. The Morgan fingerprint density at radius 1 is 1.26 bits per heavy atom. The van der Waals surface area contributed by atoms with Crippen molar-refractivity contribution in [3.8, 4) is 11.8 Å². The number of nitrogens with one attached hydrogen (secondary N) is 1. The van der Waals surface area contributed by atoms with Crippen molar-refractivity contribution in [2.45, 2.75) is 19.4 Å². The zero-order valence-electron chi connectivity index (χ0n) is 11.0. The van der Waals surface area contributed by atoms with Crippen molar-refractivity contribution < 1.29 is 9.59 Å². The molecule has 0 bridgehead atoms. The minimum Gasteiger partial charge on any atom is -0.368 e. The lowest BCUT2D eigenvalue weighted by molar-refractivity contribution is -0.122. The highest BCUT2D eigenvalue weighted by Gasteiger charge is 2.27. The number of amides is 2. The van der Waals surface area contributed by atoms with Crippen LogP contribution in [0.3, 0.4) is 0 Å². The number of carbonyl (C=O) groups excluding carboxylic acids is 2. The Balaban J connectivity index is 2.82. The first-order valence-electron chi connectivity index (χ1n) is 5.78. The van der Waals surface area contributed by atoms with E-state index in [1.165, 1.54) is 0 Å². The molecule has 1 aromatic rings. The molecule has 1 rings (SSSR count). The van der Waals surface area contributed by atoms with Crippen molar-refractivity contribution in [2.75, 3.05) is 6.54 Å². The third-order valence-electron chi connectivity index (χ3n) is 2.52. The van der Waals surface area contributed by atoms with Gasteiger partial charge in [0.1, 0.15) is 5.54 Å². The van der Waals surface area contributed by atoms with E-state index in [9.17, 15) is 9.59 Å². The second-order valence-corrected chi connectivity index (χ2v) is 4.53. The second kappa shape index (κ2) is 6.03. The normalized spacial score (nSPS) is 10.3. The number of hydrogen-bond acceptors (Lipinski definition) is 3. The van der Waals surface area contributed by atoms with Gasteiger partial charge in [-0.1, -0.05) is 11.8 Å². The quantitative estimate of drug-likeness (QED) is 0.666. The molecule has 0 aliphatic carbocycles. The van der Waals surface area contributed by atoms with Gasteiger partial charge in [-0.15, -0.1) is 0 Å². The first-order chi connectivity index (χ1) is 8.86. The number of carbonyl (C=O) groups is 2. The molecule has 0 unspecified atom stereocenters. The van der Waals surface area contributed by atoms with E-state index in [1.54, 1.807) is 38.1 Å². The molecule has 0 aliphatic rings. The van der Waals surface area contributed by atoms with Crippen molar-refractivity contribution in [2.24, 2.45) is 11.5 Å². The van der Waals surface area contributed by atoms with Gasteiger partial charge in [0.25, 0.3) is 5.91 Å². The highest BCUT2D eigenvalue weighted by molar-refractivity contribution is 5.98. The fourth-order valence-corrected chi connectivity index (χ4v) is 1.28. The van der Waals surface area contributed by atoms with Crippen LogP contribution in [-0.4, -0.2) is 23.9 Å². The molecule has 19 heavy (non-hydrogen) atoms. The molecule has 5 nitrogen and oxygen atoms in total. The van der Waals surface area contributed by atoms with E-state index in [1.807, 2.05) is 0 Å². The number of nitrogens with two attached hydrogens (primary N) is 2. The van der Waals surface area contributed by atoms with Gasteiger partial charge in [0.05, 0.1) is 6.54 Å². The summed E-state index contributed by atoms with van der Waals surface area (Å²) in [6.45, 7) is 3.39. The molecule has 0 aliphatic heterocycles. The average Bonchev–Trinajstić information content (AvgIpc) is 2.36. The molecule has 0 fully saturated rings. The first kappa shape index (κ1) is 14.7. The lowest BCUT2D eigenvalue weighted by atomic mass is 10.0. The molecule has 5 heteroatoms. The molecule has 0 saturated heterocycles. The molecule has 0 heterocycles. The summed E-state index contributed by atoms with van der Waals surface area (Å²) in [6.07, 6.45) is 0. The van der Waals surface area contributed by atoms with Crippen LogP contribution < -0.4 is 16.8 Å². The number of rotatable bonds is 3. The molecule has 0 aromatic heterocycles. The predicted octanol–water partition coefficient (Wildman–Crippen LogP) is -0.00950. The van der Waals surface area contributed by atoms with Crippen molar-refractivity contribution in [3.05, 3.63) is 35.4 Å². The predicted molar refractivity (Wildman–Crippen MR) is 73.1 cm³/mol. The maximum absolute atomic E-state index is 11.9. The van der Waals surface area contributed by atoms with Gasteiger partial charge in [0.15, 0.2) is 0 Å². The van der Waals surface area contributed by atoms with E-state index < -0.39 is 11.4 Å². The van der Waals surface area contributed by atoms with Crippen LogP contribution in [0.4, 0.5) is 0 Å². The summed E-state index contributed by atoms with van der Waals surface area (Å²) in [4.78, 5) is 23.1. The minimum atomic E-state index is -1.09. The lowest BCUT2D eigenvalue weighted by Gasteiger charge is -2.22. The molecule has 0 atom stereocenters. The number of benzene rings is 1. The van der Waals surface area contributed by atoms with Gasteiger partial charge in [-0.3, -0.25) is 9.59 Å². The molecular weight excluding hydrogens is 242 g/mol. The van der Waals surface area contributed by atoms with Crippen molar-refractivity contribution in [1.29, 1.82) is 0 Å². The topological polar surface area (TPSA) is 98.2 Å². The van der Waals surface area contributed by atoms with E-state index in [-0.39, 0.29) is 12.5 Å². The van der Waals surface area contributed by atoms with Gasteiger partial charge >= 0.3 is 0 Å². The summed E-state index contributed by atoms with van der Waals surface area (Å²) in [5, 5.41) is 2.57. The Labute approximate surface area is 112 Å². The third kappa shape index (κ3) is 4.12. The summed E-state index contributed by atoms with van der Waals surface area (Å²) in [7, 11) is 0. The van der Waals surface area contributed by atoms with Crippen LogP contribution >= 0.6 is 0 Å². The van der Waals surface area contributed by atoms with E-state index >= 15 is 0 Å². The Morgan fingerprint density at radius 2 is 1.84 bits per heavy atom. The smallest absolute Gasteiger partial charge is 0.252 e. The Kier molecular flexibility index (Phi) is 4.67. The second-order valence-electron chi connectivity index (χ2n) is 4.53. The summed E-state index contributed by atoms with van der Waals surface area (Å²) >= 11 is 0. The monoisotopic (exact) mass is 259 g/mol. The van der Waals surface area contributed by atoms with Crippen LogP contribution in [0.15, 0.2) is 24.3 Å². The zero-order valence-corrected chi connectivity index (χ0v) is 11.0. The summed E-state index contributed by atoms with van der Waals surface area (Å²) in [6, 6.07) is 6.70. The molecule has 0 saturated carbocycles. The molecule has 100 valence electrons. The molecule has 5 N–H and O–H groups in total. The average molecular weight is 259 g/mol. The highest BCUT2D eigenvalue weighted by Crippen LogP contribution is 2.07. The van der Waals surface area contributed by atoms with Crippen molar-refractivity contribution in [3.63, 3.8) is 0 Å². The van der Waals surface area contributed by atoms with Gasteiger partial charge in [-0.05, 0) is 38.1 Å². The Bertz CT molecular complexity index is 536. The molecular formula is C14H17N3O2. The summed E-state index contributed by atoms with van der Waals surface area (Å²) in [5.74, 6) is 4.63. The van der Waals surface area contributed by atoms with Crippen LogP contribution in [-0.2, 0) is 4.79 Å². The number of primary amides is 1. The Hall–Kier alpha value is -2.32.